The number of hydrogen-bond donors (Lipinski definition) is 0. The highest BCUT2D eigenvalue weighted by Crippen LogP contribution is 2.20. The highest BCUT2D eigenvalue weighted by molar-refractivity contribution is 14.1. The third kappa shape index (κ3) is 1.13. The molecule has 3 heteroatoms. The molecule has 0 aliphatic carbocycles. The van der Waals surface area contributed by atoms with Crippen LogP contribution in [-0.4, -0.2) is 5.16 Å². The standard InChI is InChI=1S/C8H6INO/c1-5-2-3-7-6(4-5)8(9)10-11-7/h2-4H,1H3. The minimum Gasteiger partial charge on any atom is -0.355 e. The van der Waals surface area contributed by atoms with Gasteiger partial charge in [-0.1, -0.05) is 16.8 Å². The molecule has 0 amide bonds. The van der Waals surface area contributed by atoms with Crippen molar-refractivity contribution in [3.63, 3.8) is 0 Å². The third-order valence-corrected chi connectivity index (χ3v) is 2.36. The summed E-state index contributed by atoms with van der Waals surface area (Å²) in [5.41, 5.74) is 2.10. The quantitative estimate of drug-likeness (QED) is 0.680. The zero-order chi connectivity index (χ0) is 7.84. The first-order chi connectivity index (χ1) is 5.27. The van der Waals surface area contributed by atoms with E-state index in [0.717, 1.165) is 14.7 Å². The maximum Gasteiger partial charge on any atom is 0.168 e. The maximum atomic E-state index is 5.05. The van der Waals surface area contributed by atoms with Crippen LogP contribution in [0.5, 0.6) is 0 Å². The molecule has 2 nitrogen and oxygen atoms in total. The minimum atomic E-state index is 0.861. The molecule has 2 aromatic rings. The minimum absolute atomic E-state index is 0.861. The molecule has 0 saturated heterocycles. The summed E-state index contributed by atoms with van der Waals surface area (Å²) >= 11 is 2.17. The average Bonchev–Trinajstić information content (AvgIpc) is 2.33. The lowest BCUT2D eigenvalue weighted by atomic mass is 10.2. The summed E-state index contributed by atoms with van der Waals surface area (Å²) in [5, 5.41) is 4.95. The lowest BCUT2D eigenvalue weighted by Gasteiger charge is -1.88. The van der Waals surface area contributed by atoms with Crippen LogP contribution in [0.1, 0.15) is 5.56 Å². The van der Waals surface area contributed by atoms with Crippen LogP contribution in [-0.2, 0) is 0 Å². The SMILES string of the molecule is Cc1ccc2onc(I)c2c1. The first-order valence-corrected chi connectivity index (χ1v) is 4.37. The number of aromatic nitrogens is 1. The van der Waals surface area contributed by atoms with Gasteiger partial charge in [-0.15, -0.1) is 0 Å². The Morgan fingerprint density at radius 1 is 1.45 bits per heavy atom. The largest absolute Gasteiger partial charge is 0.355 e. The summed E-state index contributed by atoms with van der Waals surface area (Å²) in [6.45, 7) is 2.06. The fraction of sp³-hybridized carbons (Fsp3) is 0.125. The number of halogens is 1. The summed E-state index contributed by atoms with van der Waals surface area (Å²) in [7, 11) is 0. The van der Waals surface area contributed by atoms with E-state index < -0.39 is 0 Å². The van der Waals surface area contributed by atoms with Gasteiger partial charge in [0, 0.05) is 0 Å². The number of nitrogens with zero attached hydrogens (tertiary/aromatic N) is 1. The molecule has 0 spiro atoms. The highest BCUT2D eigenvalue weighted by Gasteiger charge is 2.03. The van der Waals surface area contributed by atoms with Crippen LogP contribution in [0.2, 0.25) is 0 Å². The molecule has 56 valence electrons. The maximum absolute atomic E-state index is 5.05. The van der Waals surface area contributed by atoms with Crippen molar-refractivity contribution in [1.29, 1.82) is 0 Å². The molecule has 1 heterocycles. The van der Waals surface area contributed by atoms with Crippen molar-refractivity contribution in [2.45, 2.75) is 6.92 Å². The Balaban J connectivity index is 2.87. The van der Waals surface area contributed by atoms with Crippen molar-refractivity contribution >= 4 is 33.6 Å². The van der Waals surface area contributed by atoms with E-state index in [1.165, 1.54) is 5.56 Å². The second kappa shape index (κ2) is 2.48. The van der Waals surface area contributed by atoms with Gasteiger partial charge in [0.05, 0.1) is 5.39 Å². The van der Waals surface area contributed by atoms with E-state index >= 15 is 0 Å². The number of fused-ring (bicyclic) bond motifs is 1. The monoisotopic (exact) mass is 259 g/mol. The van der Waals surface area contributed by atoms with Crippen molar-refractivity contribution in [1.82, 2.24) is 5.16 Å². The van der Waals surface area contributed by atoms with Gasteiger partial charge in [-0.05, 0) is 41.6 Å². The van der Waals surface area contributed by atoms with Crippen molar-refractivity contribution in [3.8, 4) is 0 Å². The number of benzene rings is 1. The van der Waals surface area contributed by atoms with Crippen LogP contribution < -0.4 is 0 Å². The van der Waals surface area contributed by atoms with Gasteiger partial charge in [0.1, 0.15) is 0 Å². The number of hydrogen-bond acceptors (Lipinski definition) is 2. The zero-order valence-electron chi connectivity index (χ0n) is 5.97. The first kappa shape index (κ1) is 7.09. The van der Waals surface area contributed by atoms with Crippen LogP contribution >= 0.6 is 22.6 Å². The second-order valence-corrected chi connectivity index (χ2v) is 3.49. The molecule has 0 saturated carbocycles. The Hall–Kier alpha value is -0.580. The Morgan fingerprint density at radius 2 is 2.27 bits per heavy atom. The Kier molecular flexibility index (Phi) is 1.60. The summed E-state index contributed by atoms with van der Waals surface area (Å²) in [6.07, 6.45) is 0. The van der Waals surface area contributed by atoms with E-state index in [1.54, 1.807) is 0 Å². The molecule has 0 atom stereocenters. The Morgan fingerprint density at radius 3 is 3.09 bits per heavy atom. The molecule has 0 unspecified atom stereocenters. The van der Waals surface area contributed by atoms with Crippen LogP contribution in [0, 0.1) is 10.6 Å². The van der Waals surface area contributed by atoms with Crippen molar-refractivity contribution < 1.29 is 4.52 Å². The molecule has 0 aliphatic heterocycles. The molecular formula is C8H6INO. The van der Waals surface area contributed by atoms with Gasteiger partial charge >= 0.3 is 0 Å². The summed E-state index contributed by atoms with van der Waals surface area (Å²) in [6, 6.07) is 6.04. The van der Waals surface area contributed by atoms with Crippen molar-refractivity contribution in [2.24, 2.45) is 0 Å². The molecular weight excluding hydrogens is 253 g/mol. The summed E-state index contributed by atoms with van der Waals surface area (Å²) in [4.78, 5) is 0. The van der Waals surface area contributed by atoms with Crippen molar-refractivity contribution in [2.75, 3.05) is 0 Å². The van der Waals surface area contributed by atoms with Crippen LogP contribution in [0.15, 0.2) is 22.7 Å². The molecule has 0 radical (unpaired) electrons. The van der Waals surface area contributed by atoms with E-state index in [-0.39, 0.29) is 0 Å². The molecule has 1 aromatic heterocycles. The molecule has 0 N–H and O–H groups in total. The highest BCUT2D eigenvalue weighted by atomic mass is 127. The van der Waals surface area contributed by atoms with Crippen LogP contribution in [0.25, 0.3) is 11.0 Å². The van der Waals surface area contributed by atoms with Crippen molar-refractivity contribution in [3.05, 3.63) is 27.5 Å². The van der Waals surface area contributed by atoms with Gasteiger partial charge in [0.25, 0.3) is 0 Å². The molecule has 0 bridgehead atoms. The fourth-order valence-electron chi connectivity index (χ4n) is 1.02. The van der Waals surface area contributed by atoms with Crippen LogP contribution in [0.4, 0.5) is 0 Å². The summed E-state index contributed by atoms with van der Waals surface area (Å²) in [5.74, 6) is 0. The van der Waals surface area contributed by atoms with Gasteiger partial charge < -0.3 is 4.52 Å². The fourth-order valence-corrected chi connectivity index (χ4v) is 1.54. The molecule has 1 aromatic carbocycles. The average molecular weight is 259 g/mol. The van der Waals surface area contributed by atoms with E-state index in [2.05, 4.69) is 40.7 Å². The summed E-state index contributed by atoms with van der Waals surface area (Å²) < 4.78 is 5.98. The van der Waals surface area contributed by atoms with E-state index in [9.17, 15) is 0 Å². The molecule has 0 fully saturated rings. The smallest absolute Gasteiger partial charge is 0.168 e. The number of aryl methyl sites for hydroxylation is 1. The predicted octanol–water partition coefficient (Wildman–Crippen LogP) is 2.74. The molecule has 11 heavy (non-hydrogen) atoms. The van der Waals surface area contributed by atoms with E-state index in [0.29, 0.717) is 0 Å². The lowest BCUT2D eigenvalue weighted by Crippen LogP contribution is -1.71. The lowest BCUT2D eigenvalue weighted by molar-refractivity contribution is 0.451. The normalized spacial score (nSPS) is 10.7. The topological polar surface area (TPSA) is 26.0 Å². The first-order valence-electron chi connectivity index (χ1n) is 3.29. The predicted molar refractivity (Wildman–Crippen MR) is 51.5 cm³/mol. The second-order valence-electron chi connectivity index (χ2n) is 2.47. The van der Waals surface area contributed by atoms with Crippen LogP contribution in [0.3, 0.4) is 0 Å². The third-order valence-electron chi connectivity index (χ3n) is 1.58. The Labute approximate surface area is 77.7 Å². The van der Waals surface area contributed by atoms with Gasteiger partial charge in [-0.3, -0.25) is 0 Å². The Bertz CT molecular complexity index is 394. The van der Waals surface area contributed by atoms with Gasteiger partial charge in [0.2, 0.25) is 0 Å². The van der Waals surface area contributed by atoms with E-state index in [4.69, 9.17) is 4.52 Å². The number of rotatable bonds is 0. The van der Waals surface area contributed by atoms with Gasteiger partial charge in [-0.25, -0.2) is 0 Å². The van der Waals surface area contributed by atoms with Gasteiger partial charge in [-0.2, -0.15) is 0 Å². The zero-order valence-corrected chi connectivity index (χ0v) is 8.12. The van der Waals surface area contributed by atoms with E-state index in [1.807, 2.05) is 12.1 Å². The molecule has 0 aliphatic rings. The van der Waals surface area contributed by atoms with Gasteiger partial charge in [0.15, 0.2) is 9.28 Å². The molecule has 2 rings (SSSR count).